The van der Waals surface area contributed by atoms with Crippen molar-refractivity contribution in [1.29, 1.82) is 0 Å². The molecule has 1 aliphatic heterocycles. The molecule has 1 unspecified atom stereocenters. The van der Waals surface area contributed by atoms with Crippen molar-refractivity contribution < 1.29 is 19.1 Å². The third-order valence-corrected chi connectivity index (χ3v) is 6.30. The maximum Gasteiger partial charge on any atom is 0.358 e. The molecule has 3 aromatic rings. The van der Waals surface area contributed by atoms with Crippen LogP contribution in [-0.2, 0) is 4.74 Å². The zero-order valence-electron chi connectivity index (χ0n) is 20.0. The van der Waals surface area contributed by atoms with Gasteiger partial charge < -0.3 is 14.4 Å². The summed E-state index contributed by atoms with van der Waals surface area (Å²) in [4.78, 5) is 27.6. The molecule has 0 saturated carbocycles. The van der Waals surface area contributed by atoms with Crippen LogP contribution in [-0.4, -0.2) is 52.9 Å². The fourth-order valence-electron chi connectivity index (χ4n) is 4.45. The number of hydrogen-bond donors (Lipinski definition) is 0. The average molecular weight is 462 g/mol. The molecule has 1 atom stereocenters. The van der Waals surface area contributed by atoms with Crippen LogP contribution in [0.4, 0.5) is 0 Å². The van der Waals surface area contributed by atoms with Gasteiger partial charge in [0.1, 0.15) is 5.75 Å². The number of piperidine rings is 1. The van der Waals surface area contributed by atoms with Crippen molar-refractivity contribution in [2.24, 2.45) is 0 Å². The summed E-state index contributed by atoms with van der Waals surface area (Å²) in [5, 5.41) is 4.52. The molecule has 2 heterocycles. The van der Waals surface area contributed by atoms with E-state index in [1.54, 1.807) is 24.8 Å². The van der Waals surface area contributed by atoms with Crippen molar-refractivity contribution in [3.05, 3.63) is 65.9 Å². The molecule has 2 aromatic carbocycles. The molecule has 1 saturated heterocycles. The number of amides is 1. The van der Waals surface area contributed by atoms with Crippen LogP contribution in [0.3, 0.4) is 0 Å². The molecule has 1 aliphatic rings. The van der Waals surface area contributed by atoms with Crippen LogP contribution in [0.2, 0.25) is 0 Å². The predicted octanol–water partition coefficient (Wildman–Crippen LogP) is 5.13. The molecule has 34 heavy (non-hydrogen) atoms. The Bertz CT molecular complexity index is 1140. The number of hydrogen-bond acceptors (Lipinski definition) is 5. The number of rotatable bonds is 7. The maximum atomic E-state index is 13.2. The number of likely N-dealkylation sites (tertiary alicyclic amines) is 1. The van der Waals surface area contributed by atoms with Crippen LogP contribution in [0.25, 0.3) is 16.9 Å². The SMILES string of the molecule is CCOC(=O)c1cc(-c2ccc(OC)cc2)n(-c2ccc(C(=O)N3CCCCC3CC)cc2)n1. The van der Waals surface area contributed by atoms with Gasteiger partial charge in [-0.25, -0.2) is 9.48 Å². The summed E-state index contributed by atoms with van der Waals surface area (Å²) in [7, 11) is 1.62. The van der Waals surface area contributed by atoms with Gasteiger partial charge in [0.2, 0.25) is 0 Å². The van der Waals surface area contributed by atoms with Crippen molar-refractivity contribution in [2.45, 2.75) is 45.6 Å². The van der Waals surface area contributed by atoms with Crippen molar-refractivity contribution in [2.75, 3.05) is 20.3 Å². The molecule has 0 bridgehead atoms. The normalized spacial score (nSPS) is 15.7. The molecule has 7 nitrogen and oxygen atoms in total. The Hall–Kier alpha value is -3.61. The van der Waals surface area contributed by atoms with E-state index in [1.807, 2.05) is 53.4 Å². The molecule has 0 N–H and O–H groups in total. The zero-order valence-corrected chi connectivity index (χ0v) is 20.0. The van der Waals surface area contributed by atoms with E-state index in [1.165, 1.54) is 6.42 Å². The number of carbonyl (C=O) groups is 2. The summed E-state index contributed by atoms with van der Waals surface area (Å²) >= 11 is 0. The van der Waals surface area contributed by atoms with E-state index >= 15 is 0 Å². The van der Waals surface area contributed by atoms with Gasteiger partial charge in [0.05, 0.1) is 25.1 Å². The van der Waals surface area contributed by atoms with E-state index in [0.717, 1.165) is 48.5 Å². The van der Waals surface area contributed by atoms with E-state index in [0.29, 0.717) is 11.6 Å². The van der Waals surface area contributed by atoms with Gasteiger partial charge in [0.25, 0.3) is 5.91 Å². The Balaban J connectivity index is 1.67. The van der Waals surface area contributed by atoms with E-state index < -0.39 is 5.97 Å². The van der Waals surface area contributed by atoms with Gasteiger partial charge in [-0.1, -0.05) is 6.92 Å². The molecule has 0 aliphatic carbocycles. The summed E-state index contributed by atoms with van der Waals surface area (Å²) in [5.41, 5.74) is 3.26. The lowest BCUT2D eigenvalue weighted by molar-refractivity contribution is 0.0518. The first-order valence-electron chi connectivity index (χ1n) is 11.9. The van der Waals surface area contributed by atoms with Gasteiger partial charge in [-0.05, 0) is 87.2 Å². The number of nitrogens with zero attached hydrogens (tertiary/aromatic N) is 3. The number of ether oxygens (including phenoxy) is 2. The summed E-state index contributed by atoms with van der Waals surface area (Å²) in [6.07, 6.45) is 4.27. The first-order valence-corrected chi connectivity index (χ1v) is 11.9. The minimum atomic E-state index is -0.474. The zero-order chi connectivity index (χ0) is 24.1. The summed E-state index contributed by atoms with van der Waals surface area (Å²) in [5.74, 6) is 0.339. The second kappa shape index (κ2) is 10.5. The van der Waals surface area contributed by atoms with Crippen LogP contribution in [0.1, 0.15) is 60.4 Å². The first-order chi connectivity index (χ1) is 16.5. The number of aromatic nitrogens is 2. The molecule has 7 heteroatoms. The molecular weight excluding hydrogens is 430 g/mol. The lowest BCUT2D eigenvalue weighted by Crippen LogP contribution is -2.43. The van der Waals surface area contributed by atoms with Gasteiger partial charge in [-0.15, -0.1) is 0 Å². The smallest absolute Gasteiger partial charge is 0.358 e. The van der Waals surface area contributed by atoms with Crippen molar-refractivity contribution in [3.8, 4) is 22.7 Å². The molecule has 1 aromatic heterocycles. The molecule has 1 amide bonds. The summed E-state index contributed by atoms with van der Waals surface area (Å²) < 4.78 is 12.1. The minimum absolute atomic E-state index is 0.0705. The molecule has 4 rings (SSSR count). The molecule has 1 fully saturated rings. The van der Waals surface area contributed by atoms with Crippen molar-refractivity contribution >= 4 is 11.9 Å². The highest BCUT2D eigenvalue weighted by atomic mass is 16.5. The number of methoxy groups -OCH3 is 1. The van der Waals surface area contributed by atoms with Gasteiger partial charge in [-0.3, -0.25) is 4.79 Å². The quantitative estimate of drug-likeness (QED) is 0.456. The standard InChI is InChI=1S/C27H31N3O4/c1-4-21-8-6-7-17-29(21)26(31)20-9-13-22(14-10-20)30-25(18-24(28-30)27(32)34-5-2)19-11-15-23(33-3)16-12-19/h9-16,18,21H,4-8,17H2,1-3H3. The maximum absolute atomic E-state index is 13.2. The second-order valence-electron chi connectivity index (χ2n) is 8.38. The monoisotopic (exact) mass is 461 g/mol. The van der Waals surface area contributed by atoms with Crippen LogP contribution in [0.5, 0.6) is 5.75 Å². The largest absolute Gasteiger partial charge is 0.497 e. The van der Waals surface area contributed by atoms with Crippen LogP contribution < -0.4 is 4.74 Å². The van der Waals surface area contributed by atoms with Gasteiger partial charge in [0.15, 0.2) is 5.69 Å². The number of carbonyl (C=O) groups excluding carboxylic acids is 2. The summed E-state index contributed by atoms with van der Waals surface area (Å²) in [6, 6.07) is 17.0. The van der Waals surface area contributed by atoms with Crippen molar-refractivity contribution in [1.82, 2.24) is 14.7 Å². The van der Waals surface area contributed by atoms with Gasteiger partial charge >= 0.3 is 5.97 Å². The Kier molecular flexibility index (Phi) is 7.30. The van der Waals surface area contributed by atoms with Crippen LogP contribution >= 0.6 is 0 Å². The van der Waals surface area contributed by atoms with E-state index in [2.05, 4.69) is 12.0 Å². The Morgan fingerprint density at radius 3 is 2.41 bits per heavy atom. The number of benzene rings is 2. The Labute approximate surface area is 200 Å². The highest BCUT2D eigenvalue weighted by molar-refractivity contribution is 5.94. The van der Waals surface area contributed by atoms with E-state index in [4.69, 9.17) is 9.47 Å². The molecule has 0 radical (unpaired) electrons. The van der Waals surface area contributed by atoms with Crippen LogP contribution in [0, 0.1) is 0 Å². The number of esters is 1. The fourth-order valence-corrected chi connectivity index (χ4v) is 4.45. The summed E-state index contributed by atoms with van der Waals surface area (Å²) in [6.45, 7) is 4.98. The van der Waals surface area contributed by atoms with Crippen LogP contribution in [0.15, 0.2) is 54.6 Å². The molecular formula is C27H31N3O4. The predicted molar refractivity (Wildman–Crippen MR) is 130 cm³/mol. The molecule has 0 spiro atoms. The van der Waals surface area contributed by atoms with E-state index in [-0.39, 0.29) is 18.2 Å². The minimum Gasteiger partial charge on any atom is -0.497 e. The lowest BCUT2D eigenvalue weighted by atomic mass is 9.99. The van der Waals surface area contributed by atoms with E-state index in [9.17, 15) is 9.59 Å². The second-order valence-corrected chi connectivity index (χ2v) is 8.38. The lowest BCUT2D eigenvalue weighted by Gasteiger charge is -2.35. The first kappa shape index (κ1) is 23.5. The highest BCUT2D eigenvalue weighted by Gasteiger charge is 2.26. The molecule has 178 valence electrons. The Morgan fingerprint density at radius 1 is 1.03 bits per heavy atom. The fraction of sp³-hybridized carbons (Fsp3) is 0.370. The third-order valence-electron chi connectivity index (χ3n) is 6.30. The third kappa shape index (κ3) is 4.83. The van der Waals surface area contributed by atoms with Gasteiger partial charge in [0, 0.05) is 23.7 Å². The van der Waals surface area contributed by atoms with Gasteiger partial charge in [-0.2, -0.15) is 5.10 Å². The Morgan fingerprint density at radius 2 is 1.76 bits per heavy atom. The topological polar surface area (TPSA) is 73.7 Å². The highest BCUT2D eigenvalue weighted by Crippen LogP contribution is 2.27. The average Bonchev–Trinajstić information content (AvgIpc) is 3.34. The van der Waals surface area contributed by atoms with Crippen molar-refractivity contribution in [3.63, 3.8) is 0 Å².